The molecule has 0 spiro atoms. The lowest BCUT2D eigenvalue weighted by Gasteiger charge is -2.15. The molecule has 0 aromatic heterocycles. The summed E-state index contributed by atoms with van der Waals surface area (Å²) in [5.41, 5.74) is 0.328. The van der Waals surface area contributed by atoms with Gasteiger partial charge < -0.3 is 13.8 Å². The molecule has 17 heavy (non-hydrogen) atoms. The first-order valence-corrected chi connectivity index (χ1v) is 7.19. The minimum absolute atomic E-state index is 0.0724. The monoisotopic (exact) mass is 264 g/mol. The highest BCUT2D eigenvalue weighted by atomic mass is 31.2. The van der Waals surface area contributed by atoms with Gasteiger partial charge in [0.05, 0.1) is 12.8 Å². The maximum atomic E-state index is 12.0. The summed E-state index contributed by atoms with van der Waals surface area (Å²) in [6.07, 6.45) is 1.64. The van der Waals surface area contributed by atoms with Gasteiger partial charge in [0.2, 0.25) is 0 Å². The topological polar surface area (TPSA) is 61.8 Å². The van der Waals surface area contributed by atoms with E-state index in [2.05, 4.69) is 0 Å². The third kappa shape index (κ3) is 6.01. The second-order valence-electron chi connectivity index (χ2n) is 3.79. The van der Waals surface area contributed by atoms with Gasteiger partial charge in [0.25, 0.3) is 0 Å². The van der Waals surface area contributed by atoms with Gasteiger partial charge in [0, 0.05) is 19.8 Å². The molecular formula is C11H21O5P. The van der Waals surface area contributed by atoms with Gasteiger partial charge >= 0.3 is 13.6 Å². The van der Waals surface area contributed by atoms with Gasteiger partial charge in [0.15, 0.2) is 0 Å². The Morgan fingerprint density at radius 1 is 1.29 bits per heavy atom. The molecular weight excluding hydrogens is 243 g/mol. The second-order valence-corrected chi connectivity index (χ2v) is 6.06. The third-order valence-corrected chi connectivity index (χ3v) is 3.83. The number of esters is 1. The van der Waals surface area contributed by atoms with Gasteiger partial charge in [-0.2, -0.15) is 0 Å². The number of ether oxygens (including phenoxy) is 1. The van der Waals surface area contributed by atoms with Gasteiger partial charge in [-0.3, -0.25) is 4.57 Å². The molecule has 0 amide bonds. The van der Waals surface area contributed by atoms with Crippen LogP contribution in [-0.4, -0.2) is 33.0 Å². The van der Waals surface area contributed by atoms with Crippen molar-refractivity contribution in [3.8, 4) is 0 Å². The van der Waals surface area contributed by atoms with Crippen molar-refractivity contribution in [1.82, 2.24) is 0 Å². The first kappa shape index (κ1) is 16.4. The summed E-state index contributed by atoms with van der Waals surface area (Å²) in [5.74, 6) is -0.327. The van der Waals surface area contributed by atoms with Gasteiger partial charge in [-0.25, -0.2) is 4.79 Å². The zero-order valence-corrected chi connectivity index (χ0v) is 12.0. The number of carbonyl (C=O) groups excluding carboxylic acids is 1. The second kappa shape index (κ2) is 7.64. The van der Waals surface area contributed by atoms with Gasteiger partial charge in [-0.1, -0.05) is 19.9 Å². The van der Waals surface area contributed by atoms with Crippen molar-refractivity contribution in [1.29, 1.82) is 0 Å². The van der Waals surface area contributed by atoms with Crippen LogP contribution in [0.1, 0.15) is 20.8 Å². The lowest BCUT2D eigenvalue weighted by molar-refractivity contribution is -0.138. The summed E-state index contributed by atoms with van der Waals surface area (Å²) in [7, 11) is -0.652. The van der Waals surface area contributed by atoms with Crippen LogP contribution in [0.3, 0.4) is 0 Å². The molecule has 0 saturated heterocycles. The Balaban J connectivity index is 4.96. The average Bonchev–Trinajstić information content (AvgIpc) is 2.27. The summed E-state index contributed by atoms with van der Waals surface area (Å²) in [6.45, 7) is 5.84. The van der Waals surface area contributed by atoms with Crippen molar-refractivity contribution in [2.75, 3.05) is 27.0 Å². The van der Waals surface area contributed by atoms with Crippen LogP contribution in [0, 0.1) is 5.92 Å². The van der Waals surface area contributed by atoms with E-state index in [-0.39, 0.29) is 18.7 Å². The Kier molecular flexibility index (Phi) is 7.35. The Bertz CT molecular complexity index is 314. The van der Waals surface area contributed by atoms with Crippen molar-refractivity contribution >= 4 is 13.6 Å². The van der Waals surface area contributed by atoms with Crippen LogP contribution in [0.5, 0.6) is 0 Å². The van der Waals surface area contributed by atoms with E-state index in [9.17, 15) is 9.36 Å². The highest BCUT2D eigenvalue weighted by molar-refractivity contribution is 7.54. The summed E-state index contributed by atoms with van der Waals surface area (Å²) in [6, 6.07) is 0. The van der Waals surface area contributed by atoms with Crippen molar-refractivity contribution in [2.24, 2.45) is 5.92 Å². The first-order valence-electron chi connectivity index (χ1n) is 5.46. The summed E-state index contributed by atoms with van der Waals surface area (Å²) in [5, 5.41) is 0. The van der Waals surface area contributed by atoms with Gasteiger partial charge in [0.1, 0.15) is 0 Å². The third-order valence-electron chi connectivity index (χ3n) is 1.99. The summed E-state index contributed by atoms with van der Waals surface area (Å²) in [4.78, 5) is 11.7. The molecule has 0 bridgehead atoms. The molecule has 0 aliphatic heterocycles. The Morgan fingerprint density at radius 2 is 1.82 bits per heavy atom. The molecule has 0 saturated carbocycles. The average molecular weight is 264 g/mol. The van der Waals surface area contributed by atoms with Crippen LogP contribution in [0.2, 0.25) is 0 Å². The Labute approximate surface area is 103 Å². The van der Waals surface area contributed by atoms with Crippen LogP contribution < -0.4 is 0 Å². The lowest BCUT2D eigenvalue weighted by atomic mass is 10.1. The molecule has 0 atom stereocenters. The highest BCUT2D eigenvalue weighted by Crippen LogP contribution is 2.48. The van der Waals surface area contributed by atoms with Gasteiger partial charge in [-0.15, -0.1) is 0 Å². The zero-order valence-electron chi connectivity index (χ0n) is 11.1. The van der Waals surface area contributed by atoms with Crippen molar-refractivity contribution in [3.63, 3.8) is 0 Å². The Hall–Kier alpha value is -0.640. The summed E-state index contributed by atoms with van der Waals surface area (Å²) < 4.78 is 26.5. The minimum Gasteiger partial charge on any atom is -0.463 e. The number of hydrogen-bond donors (Lipinski definition) is 0. The van der Waals surface area contributed by atoms with Crippen molar-refractivity contribution in [3.05, 3.63) is 11.6 Å². The molecule has 0 rings (SSSR count). The molecule has 0 aromatic carbocycles. The molecule has 5 nitrogen and oxygen atoms in total. The van der Waals surface area contributed by atoms with E-state index in [0.717, 1.165) is 0 Å². The van der Waals surface area contributed by atoms with Crippen LogP contribution in [0.25, 0.3) is 0 Å². The van der Waals surface area contributed by atoms with Crippen LogP contribution in [-0.2, 0) is 23.1 Å². The number of carbonyl (C=O) groups is 1. The smallest absolute Gasteiger partial charge is 0.334 e. The first-order chi connectivity index (χ1) is 7.88. The molecule has 100 valence electrons. The van der Waals surface area contributed by atoms with E-state index >= 15 is 0 Å². The molecule has 0 radical (unpaired) electrons. The number of allylic oxidation sites excluding steroid dienone is 1. The fraction of sp³-hybridized carbons (Fsp3) is 0.727. The predicted molar refractivity (Wildman–Crippen MR) is 66.0 cm³/mol. The minimum atomic E-state index is -3.24. The van der Waals surface area contributed by atoms with Crippen LogP contribution in [0.15, 0.2) is 11.6 Å². The van der Waals surface area contributed by atoms with Crippen molar-refractivity contribution in [2.45, 2.75) is 20.8 Å². The van der Waals surface area contributed by atoms with E-state index in [4.69, 9.17) is 13.8 Å². The van der Waals surface area contributed by atoms with Crippen LogP contribution in [0.4, 0.5) is 0 Å². The normalized spacial score (nSPS) is 12.9. The molecule has 6 heteroatoms. The number of hydrogen-bond acceptors (Lipinski definition) is 5. The number of rotatable bonds is 7. The fourth-order valence-electron chi connectivity index (χ4n) is 1.22. The molecule has 0 fully saturated rings. The fourth-order valence-corrected chi connectivity index (χ4v) is 2.28. The quantitative estimate of drug-likeness (QED) is 0.402. The predicted octanol–water partition coefficient (Wildman–Crippen LogP) is 2.62. The molecule has 0 N–H and O–H groups in total. The Morgan fingerprint density at radius 3 is 2.18 bits per heavy atom. The largest absolute Gasteiger partial charge is 0.463 e. The van der Waals surface area contributed by atoms with Crippen LogP contribution >= 0.6 is 7.60 Å². The van der Waals surface area contributed by atoms with E-state index in [0.29, 0.717) is 5.57 Å². The van der Waals surface area contributed by atoms with E-state index in [1.54, 1.807) is 13.0 Å². The van der Waals surface area contributed by atoms with Gasteiger partial charge in [-0.05, 0) is 12.8 Å². The molecule has 0 aliphatic rings. The standard InChI is InChI=1S/C11H21O5P/c1-6-16-11(12)10(7-9(2)3)8-17(13,14-4)15-5/h7,9H,6,8H2,1-5H3/b10-7-. The highest BCUT2D eigenvalue weighted by Gasteiger charge is 2.27. The van der Waals surface area contributed by atoms with E-state index in [1.165, 1.54) is 14.2 Å². The van der Waals surface area contributed by atoms with Crippen molar-refractivity contribution < 1.29 is 23.1 Å². The maximum Gasteiger partial charge on any atom is 0.334 e. The SMILES string of the molecule is CCOC(=O)/C(=C\C(C)C)CP(=O)(OC)OC. The molecule has 0 unspecified atom stereocenters. The zero-order chi connectivity index (χ0) is 13.5. The maximum absolute atomic E-state index is 12.0. The summed E-state index contributed by atoms with van der Waals surface area (Å²) >= 11 is 0. The molecule has 0 aliphatic carbocycles. The van der Waals surface area contributed by atoms with E-state index < -0.39 is 13.6 Å². The molecule has 0 heterocycles. The lowest BCUT2D eigenvalue weighted by Crippen LogP contribution is -2.13. The van der Waals surface area contributed by atoms with E-state index in [1.807, 2.05) is 13.8 Å². The molecule has 0 aromatic rings.